The summed E-state index contributed by atoms with van der Waals surface area (Å²) in [6.07, 6.45) is 3.32. The highest BCUT2D eigenvalue weighted by atomic mass is 16.5. The Bertz CT molecular complexity index is 149. The SMILES string of the molecule is CCNCC(O)COCC1CCCCO1. The molecule has 1 aliphatic heterocycles. The maximum Gasteiger partial charge on any atom is 0.0897 e. The first-order valence-electron chi connectivity index (χ1n) is 5.91. The zero-order valence-corrected chi connectivity index (χ0v) is 9.58. The summed E-state index contributed by atoms with van der Waals surface area (Å²) in [5.74, 6) is 0. The van der Waals surface area contributed by atoms with Crippen molar-refractivity contribution >= 4 is 0 Å². The van der Waals surface area contributed by atoms with Crippen LogP contribution in [0, 0.1) is 0 Å². The van der Waals surface area contributed by atoms with Gasteiger partial charge < -0.3 is 19.9 Å². The standard InChI is InChI=1S/C11H23NO3/c1-2-12-7-10(13)8-14-9-11-5-3-4-6-15-11/h10-13H,2-9H2,1H3. The van der Waals surface area contributed by atoms with Crippen LogP contribution in [0.25, 0.3) is 0 Å². The zero-order chi connectivity index (χ0) is 10.9. The van der Waals surface area contributed by atoms with E-state index in [0.717, 1.165) is 19.6 Å². The summed E-state index contributed by atoms with van der Waals surface area (Å²) < 4.78 is 10.9. The molecule has 1 heterocycles. The molecule has 0 aliphatic carbocycles. The number of hydrogen-bond acceptors (Lipinski definition) is 4. The van der Waals surface area contributed by atoms with Crippen molar-refractivity contribution in [1.82, 2.24) is 5.32 Å². The molecule has 1 saturated heterocycles. The van der Waals surface area contributed by atoms with Gasteiger partial charge in [-0.25, -0.2) is 0 Å². The molecule has 4 nitrogen and oxygen atoms in total. The number of hydrogen-bond donors (Lipinski definition) is 2. The molecular formula is C11H23NO3. The largest absolute Gasteiger partial charge is 0.389 e. The van der Waals surface area contributed by atoms with Gasteiger partial charge in [-0.05, 0) is 25.8 Å². The fraction of sp³-hybridized carbons (Fsp3) is 1.00. The summed E-state index contributed by atoms with van der Waals surface area (Å²) in [6.45, 7) is 5.36. The maximum absolute atomic E-state index is 9.48. The van der Waals surface area contributed by atoms with Crippen molar-refractivity contribution in [3.05, 3.63) is 0 Å². The van der Waals surface area contributed by atoms with Crippen molar-refractivity contribution in [3.8, 4) is 0 Å². The summed E-state index contributed by atoms with van der Waals surface area (Å²) in [4.78, 5) is 0. The third-order valence-electron chi connectivity index (χ3n) is 2.52. The first-order chi connectivity index (χ1) is 7.33. The highest BCUT2D eigenvalue weighted by Crippen LogP contribution is 2.12. The van der Waals surface area contributed by atoms with Crippen molar-refractivity contribution in [2.45, 2.75) is 38.4 Å². The first kappa shape index (κ1) is 12.9. The van der Waals surface area contributed by atoms with Crippen LogP contribution < -0.4 is 5.32 Å². The molecule has 15 heavy (non-hydrogen) atoms. The van der Waals surface area contributed by atoms with E-state index in [9.17, 15) is 5.11 Å². The van der Waals surface area contributed by atoms with Gasteiger partial charge in [-0.3, -0.25) is 0 Å². The second kappa shape index (κ2) is 8.05. The molecular weight excluding hydrogens is 194 g/mol. The number of ether oxygens (including phenoxy) is 2. The van der Waals surface area contributed by atoms with Crippen LogP contribution in [0.5, 0.6) is 0 Å². The van der Waals surface area contributed by atoms with E-state index in [-0.39, 0.29) is 6.10 Å². The van der Waals surface area contributed by atoms with E-state index in [2.05, 4.69) is 5.32 Å². The Morgan fingerprint density at radius 3 is 3.07 bits per heavy atom. The third kappa shape index (κ3) is 6.10. The van der Waals surface area contributed by atoms with Gasteiger partial charge in [-0.1, -0.05) is 6.92 Å². The number of rotatable bonds is 7. The van der Waals surface area contributed by atoms with Crippen LogP contribution in [-0.2, 0) is 9.47 Å². The topological polar surface area (TPSA) is 50.7 Å². The molecule has 0 bridgehead atoms. The highest BCUT2D eigenvalue weighted by molar-refractivity contribution is 4.63. The molecule has 4 heteroatoms. The Kier molecular flexibility index (Phi) is 6.92. The molecule has 0 aromatic rings. The van der Waals surface area contributed by atoms with Crippen LogP contribution in [0.1, 0.15) is 26.2 Å². The van der Waals surface area contributed by atoms with Gasteiger partial charge in [0.1, 0.15) is 0 Å². The van der Waals surface area contributed by atoms with Crippen molar-refractivity contribution in [2.24, 2.45) is 0 Å². The van der Waals surface area contributed by atoms with Crippen LogP contribution in [0.4, 0.5) is 0 Å². The summed E-state index contributed by atoms with van der Waals surface area (Å²) in [6, 6.07) is 0. The molecule has 0 amide bonds. The predicted octanol–water partition coefficient (Wildman–Crippen LogP) is 0.542. The fourth-order valence-electron chi connectivity index (χ4n) is 1.64. The van der Waals surface area contributed by atoms with E-state index in [1.807, 2.05) is 6.92 Å². The number of likely N-dealkylation sites (N-methyl/N-ethyl adjacent to an activating group) is 1. The quantitative estimate of drug-likeness (QED) is 0.653. The van der Waals surface area contributed by atoms with Crippen LogP contribution in [0.2, 0.25) is 0 Å². The molecule has 0 spiro atoms. The Labute approximate surface area is 92.0 Å². The van der Waals surface area contributed by atoms with Crippen molar-refractivity contribution in [1.29, 1.82) is 0 Å². The average Bonchev–Trinajstić information content (AvgIpc) is 2.28. The minimum absolute atomic E-state index is 0.241. The van der Waals surface area contributed by atoms with E-state index in [0.29, 0.717) is 19.8 Å². The normalized spacial score (nSPS) is 24.0. The predicted molar refractivity (Wildman–Crippen MR) is 59.0 cm³/mol. The van der Waals surface area contributed by atoms with Crippen LogP contribution in [0.3, 0.4) is 0 Å². The summed E-state index contributed by atoms with van der Waals surface area (Å²) >= 11 is 0. The molecule has 0 radical (unpaired) electrons. The molecule has 2 unspecified atom stereocenters. The van der Waals surface area contributed by atoms with Crippen molar-refractivity contribution in [2.75, 3.05) is 32.9 Å². The van der Waals surface area contributed by atoms with Crippen LogP contribution >= 0.6 is 0 Å². The van der Waals surface area contributed by atoms with Crippen molar-refractivity contribution in [3.63, 3.8) is 0 Å². The van der Waals surface area contributed by atoms with E-state index >= 15 is 0 Å². The number of nitrogens with one attached hydrogen (secondary N) is 1. The van der Waals surface area contributed by atoms with Gasteiger partial charge in [-0.2, -0.15) is 0 Å². The van der Waals surface area contributed by atoms with E-state index in [4.69, 9.17) is 9.47 Å². The Morgan fingerprint density at radius 1 is 1.53 bits per heavy atom. The zero-order valence-electron chi connectivity index (χ0n) is 9.58. The average molecular weight is 217 g/mol. The van der Waals surface area contributed by atoms with E-state index < -0.39 is 6.10 Å². The van der Waals surface area contributed by atoms with Crippen LogP contribution in [0.15, 0.2) is 0 Å². The van der Waals surface area contributed by atoms with Gasteiger partial charge in [-0.15, -0.1) is 0 Å². The maximum atomic E-state index is 9.48. The van der Waals surface area contributed by atoms with Crippen LogP contribution in [-0.4, -0.2) is 50.2 Å². The number of aliphatic hydroxyl groups excluding tert-OH is 1. The van der Waals surface area contributed by atoms with E-state index in [1.54, 1.807) is 0 Å². The van der Waals surface area contributed by atoms with Gasteiger partial charge >= 0.3 is 0 Å². The smallest absolute Gasteiger partial charge is 0.0897 e. The minimum atomic E-state index is -0.409. The second-order valence-electron chi connectivity index (χ2n) is 3.99. The van der Waals surface area contributed by atoms with Gasteiger partial charge in [0.15, 0.2) is 0 Å². The molecule has 2 atom stereocenters. The summed E-state index contributed by atoms with van der Waals surface area (Å²) in [7, 11) is 0. The van der Waals surface area contributed by atoms with Gasteiger partial charge in [0, 0.05) is 13.2 Å². The fourth-order valence-corrected chi connectivity index (χ4v) is 1.64. The second-order valence-corrected chi connectivity index (χ2v) is 3.99. The molecule has 1 rings (SSSR count). The van der Waals surface area contributed by atoms with Crippen molar-refractivity contribution < 1.29 is 14.6 Å². The lowest BCUT2D eigenvalue weighted by molar-refractivity contribution is -0.0565. The van der Waals surface area contributed by atoms with E-state index in [1.165, 1.54) is 12.8 Å². The Morgan fingerprint density at radius 2 is 2.40 bits per heavy atom. The first-order valence-corrected chi connectivity index (χ1v) is 5.91. The van der Waals surface area contributed by atoms with Gasteiger partial charge in [0.05, 0.1) is 25.4 Å². The lowest BCUT2D eigenvalue weighted by Crippen LogP contribution is -2.32. The molecule has 0 aromatic carbocycles. The lowest BCUT2D eigenvalue weighted by Gasteiger charge is -2.22. The highest BCUT2D eigenvalue weighted by Gasteiger charge is 2.14. The summed E-state index contributed by atoms with van der Waals surface area (Å²) in [5.41, 5.74) is 0. The molecule has 1 fully saturated rings. The molecule has 0 aromatic heterocycles. The van der Waals surface area contributed by atoms with Gasteiger partial charge in [0.25, 0.3) is 0 Å². The summed E-state index contributed by atoms with van der Waals surface area (Å²) in [5, 5.41) is 12.6. The Balaban J connectivity index is 1.94. The van der Waals surface area contributed by atoms with Gasteiger partial charge in [0.2, 0.25) is 0 Å². The molecule has 90 valence electrons. The third-order valence-corrected chi connectivity index (χ3v) is 2.52. The monoisotopic (exact) mass is 217 g/mol. The molecule has 2 N–H and O–H groups in total. The molecule has 0 saturated carbocycles. The number of aliphatic hydroxyl groups is 1. The Hall–Kier alpha value is -0.160. The lowest BCUT2D eigenvalue weighted by atomic mass is 10.1. The minimum Gasteiger partial charge on any atom is -0.389 e. The molecule has 1 aliphatic rings.